The van der Waals surface area contributed by atoms with Crippen molar-refractivity contribution >= 4 is 17.7 Å². The van der Waals surface area contributed by atoms with Gasteiger partial charge in [-0.05, 0) is 24.1 Å². The fourth-order valence-electron chi connectivity index (χ4n) is 1.22. The largest absolute Gasteiger partial charge is 0.435 e. The summed E-state index contributed by atoms with van der Waals surface area (Å²) >= 11 is 5.73. The van der Waals surface area contributed by atoms with E-state index in [1.165, 1.54) is 12.1 Å². The normalized spacial score (nSPS) is 11.9. The van der Waals surface area contributed by atoms with E-state index < -0.39 is 6.61 Å². The number of ether oxygens (including phenoxy) is 1. The monoisotopic (exact) mass is 246 g/mol. The van der Waals surface area contributed by atoms with Crippen LogP contribution in [0.1, 0.15) is 18.9 Å². The second kappa shape index (κ2) is 6.48. The lowest BCUT2D eigenvalue weighted by atomic mass is 10.1. The number of rotatable bonds is 5. The number of benzene rings is 1. The zero-order valence-electron chi connectivity index (χ0n) is 8.92. The molecular weight excluding hydrogens is 234 g/mol. The third-order valence-corrected chi connectivity index (χ3v) is 2.45. The predicted octanol–water partition coefficient (Wildman–Crippen LogP) is 4.32. The van der Waals surface area contributed by atoms with E-state index in [4.69, 9.17) is 11.6 Å². The first-order chi connectivity index (χ1) is 7.65. The van der Waals surface area contributed by atoms with Crippen molar-refractivity contribution in [2.45, 2.75) is 20.0 Å². The molecule has 0 heterocycles. The molecule has 0 spiro atoms. The van der Waals surface area contributed by atoms with Crippen LogP contribution in [0.5, 0.6) is 5.75 Å². The first-order valence-electron chi connectivity index (χ1n) is 4.96. The molecule has 0 aromatic heterocycles. The van der Waals surface area contributed by atoms with E-state index in [0.717, 1.165) is 17.6 Å². The van der Waals surface area contributed by atoms with Crippen LogP contribution >= 0.6 is 11.6 Å². The molecule has 1 aromatic rings. The second-order valence-corrected chi connectivity index (χ2v) is 3.50. The zero-order valence-corrected chi connectivity index (χ0v) is 9.68. The molecule has 0 unspecified atom stereocenters. The SMILES string of the molecule is CCC(=Cc1ccc(OC(F)F)cc1)CCl. The van der Waals surface area contributed by atoms with Gasteiger partial charge >= 0.3 is 6.61 Å². The Balaban J connectivity index is 2.74. The van der Waals surface area contributed by atoms with Crippen LogP contribution in [0.3, 0.4) is 0 Å². The van der Waals surface area contributed by atoms with Crippen molar-refractivity contribution in [1.82, 2.24) is 0 Å². The highest BCUT2D eigenvalue weighted by molar-refractivity contribution is 6.19. The van der Waals surface area contributed by atoms with Gasteiger partial charge in [0.2, 0.25) is 0 Å². The molecule has 0 radical (unpaired) electrons. The van der Waals surface area contributed by atoms with E-state index in [2.05, 4.69) is 4.74 Å². The lowest BCUT2D eigenvalue weighted by Gasteiger charge is -2.04. The quantitative estimate of drug-likeness (QED) is 0.703. The van der Waals surface area contributed by atoms with Crippen molar-refractivity contribution in [1.29, 1.82) is 0 Å². The van der Waals surface area contributed by atoms with Crippen LogP contribution in [0, 0.1) is 0 Å². The minimum Gasteiger partial charge on any atom is -0.435 e. The third-order valence-electron chi connectivity index (χ3n) is 2.10. The van der Waals surface area contributed by atoms with Gasteiger partial charge in [-0.3, -0.25) is 0 Å². The van der Waals surface area contributed by atoms with Gasteiger partial charge in [0.1, 0.15) is 5.75 Å². The molecule has 0 aliphatic heterocycles. The summed E-state index contributed by atoms with van der Waals surface area (Å²) in [4.78, 5) is 0. The summed E-state index contributed by atoms with van der Waals surface area (Å²) in [5.74, 6) is 0.641. The fraction of sp³-hybridized carbons (Fsp3) is 0.333. The van der Waals surface area contributed by atoms with E-state index in [-0.39, 0.29) is 5.75 Å². The maximum atomic E-state index is 11.9. The zero-order chi connectivity index (χ0) is 12.0. The van der Waals surface area contributed by atoms with Crippen LogP contribution in [-0.4, -0.2) is 12.5 Å². The Bertz CT molecular complexity index is 341. The lowest BCUT2D eigenvalue weighted by Crippen LogP contribution is -2.01. The van der Waals surface area contributed by atoms with Gasteiger partial charge in [-0.25, -0.2) is 0 Å². The minimum atomic E-state index is -2.78. The van der Waals surface area contributed by atoms with E-state index in [9.17, 15) is 8.78 Å². The van der Waals surface area contributed by atoms with Crippen LogP contribution in [0.4, 0.5) is 8.78 Å². The number of halogens is 3. The summed E-state index contributed by atoms with van der Waals surface area (Å²) < 4.78 is 28.0. The molecule has 1 aromatic carbocycles. The Labute approximate surface area is 98.7 Å². The molecule has 0 saturated heterocycles. The molecule has 1 nitrogen and oxygen atoms in total. The third kappa shape index (κ3) is 4.19. The lowest BCUT2D eigenvalue weighted by molar-refractivity contribution is -0.0498. The van der Waals surface area contributed by atoms with E-state index in [0.29, 0.717) is 5.88 Å². The van der Waals surface area contributed by atoms with Crippen LogP contribution in [0.15, 0.2) is 29.8 Å². The van der Waals surface area contributed by atoms with Gasteiger partial charge in [0.15, 0.2) is 0 Å². The molecule has 0 bridgehead atoms. The molecule has 0 aliphatic rings. The molecule has 0 aliphatic carbocycles. The minimum absolute atomic E-state index is 0.163. The Morgan fingerprint density at radius 2 is 2.00 bits per heavy atom. The van der Waals surface area contributed by atoms with E-state index in [1.807, 2.05) is 13.0 Å². The van der Waals surface area contributed by atoms with Crippen molar-refractivity contribution in [2.75, 3.05) is 5.88 Å². The smallest absolute Gasteiger partial charge is 0.387 e. The standard InChI is InChI=1S/C12H13ClF2O/c1-2-9(8-13)7-10-3-5-11(6-4-10)16-12(14)15/h3-7,12H,2,8H2,1H3. The van der Waals surface area contributed by atoms with Crippen molar-refractivity contribution in [3.63, 3.8) is 0 Å². The molecule has 0 saturated carbocycles. The summed E-state index contributed by atoms with van der Waals surface area (Å²) in [6.07, 6.45) is 2.82. The van der Waals surface area contributed by atoms with Crippen molar-refractivity contribution in [3.8, 4) is 5.75 Å². The molecule has 0 amide bonds. The van der Waals surface area contributed by atoms with Gasteiger partial charge < -0.3 is 4.74 Å². The van der Waals surface area contributed by atoms with Gasteiger partial charge in [-0.2, -0.15) is 8.78 Å². The Morgan fingerprint density at radius 1 is 1.38 bits per heavy atom. The van der Waals surface area contributed by atoms with E-state index in [1.54, 1.807) is 12.1 Å². The van der Waals surface area contributed by atoms with Gasteiger partial charge in [0, 0.05) is 5.88 Å². The van der Waals surface area contributed by atoms with Crippen LogP contribution < -0.4 is 4.74 Å². The summed E-state index contributed by atoms with van der Waals surface area (Å²) in [5.41, 5.74) is 2.03. The topological polar surface area (TPSA) is 9.23 Å². The van der Waals surface area contributed by atoms with Crippen LogP contribution in [-0.2, 0) is 0 Å². The Kier molecular flexibility index (Phi) is 5.26. The van der Waals surface area contributed by atoms with Crippen LogP contribution in [0.2, 0.25) is 0 Å². The summed E-state index contributed by atoms with van der Waals surface area (Å²) in [7, 11) is 0. The highest BCUT2D eigenvalue weighted by atomic mass is 35.5. The Hall–Kier alpha value is -1.09. The summed E-state index contributed by atoms with van der Waals surface area (Å²) in [5, 5.41) is 0. The van der Waals surface area contributed by atoms with Gasteiger partial charge in [0.25, 0.3) is 0 Å². The van der Waals surface area contributed by atoms with Gasteiger partial charge in [0.05, 0.1) is 0 Å². The van der Waals surface area contributed by atoms with Crippen molar-refractivity contribution in [2.24, 2.45) is 0 Å². The average Bonchev–Trinajstić information content (AvgIpc) is 2.27. The Morgan fingerprint density at radius 3 is 2.44 bits per heavy atom. The first-order valence-corrected chi connectivity index (χ1v) is 5.49. The van der Waals surface area contributed by atoms with Crippen molar-refractivity contribution < 1.29 is 13.5 Å². The van der Waals surface area contributed by atoms with Gasteiger partial charge in [-0.1, -0.05) is 30.7 Å². The molecule has 0 fully saturated rings. The summed E-state index contributed by atoms with van der Waals surface area (Å²) in [6, 6.07) is 6.47. The molecular formula is C12H13ClF2O. The molecule has 1 rings (SSSR count). The molecule has 0 atom stereocenters. The molecule has 4 heteroatoms. The average molecular weight is 247 g/mol. The molecule has 88 valence electrons. The highest BCUT2D eigenvalue weighted by Crippen LogP contribution is 2.17. The van der Waals surface area contributed by atoms with Crippen molar-refractivity contribution in [3.05, 3.63) is 35.4 Å². The fourth-order valence-corrected chi connectivity index (χ4v) is 1.48. The number of hydrogen-bond acceptors (Lipinski definition) is 1. The maximum absolute atomic E-state index is 11.9. The second-order valence-electron chi connectivity index (χ2n) is 3.24. The summed E-state index contributed by atoms with van der Waals surface area (Å²) in [6.45, 7) is -0.766. The number of alkyl halides is 3. The molecule has 16 heavy (non-hydrogen) atoms. The van der Waals surface area contributed by atoms with Crippen LogP contribution in [0.25, 0.3) is 6.08 Å². The predicted molar refractivity (Wildman–Crippen MR) is 62.1 cm³/mol. The first kappa shape index (κ1) is 13.0. The highest BCUT2D eigenvalue weighted by Gasteiger charge is 2.03. The van der Waals surface area contributed by atoms with E-state index >= 15 is 0 Å². The van der Waals surface area contributed by atoms with Gasteiger partial charge in [-0.15, -0.1) is 11.6 Å². The number of allylic oxidation sites excluding steroid dienone is 1. The maximum Gasteiger partial charge on any atom is 0.387 e. The molecule has 0 N–H and O–H groups in total. The number of hydrogen-bond donors (Lipinski definition) is 0.